The van der Waals surface area contributed by atoms with E-state index < -0.39 is 6.03 Å². The fraction of sp³-hybridized carbons (Fsp3) is 0. The Hall–Kier alpha value is -2.82. The molecule has 5 nitrogen and oxygen atoms in total. The lowest BCUT2D eigenvalue weighted by molar-refractivity contribution is 0.102. The van der Waals surface area contributed by atoms with Crippen molar-refractivity contribution in [3.63, 3.8) is 0 Å². The fourth-order valence-electron chi connectivity index (χ4n) is 1.64. The van der Waals surface area contributed by atoms with Gasteiger partial charge in [-0.15, -0.1) is 0 Å². The van der Waals surface area contributed by atoms with Crippen LogP contribution in [0, 0.1) is 0 Å². The van der Waals surface area contributed by atoms with Crippen molar-refractivity contribution in [2.45, 2.75) is 0 Å². The highest BCUT2D eigenvalue weighted by Gasteiger charge is 2.11. The van der Waals surface area contributed by atoms with E-state index in [1.54, 1.807) is 36.4 Å². The Labute approximate surface area is 110 Å². The van der Waals surface area contributed by atoms with Gasteiger partial charge in [-0.3, -0.25) is 4.79 Å². The molecule has 4 N–H and O–H groups in total. The Morgan fingerprint density at radius 2 is 1.47 bits per heavy atom. The Bertz CT molecular complexity index is 597. The third-order valence-electron chi connectivity index (χ3n) is 2.46. The molecule has 0 atom stereocenters. The van der Waals surface area contributed by atoms with E-state index >= 15 is 0 Å². The summed E-state index contributed by atoms with van der Waals surface area (Å²) in [6, 6.07) is 15.0. The van der Waals surface area contributed by atoms with Crippen molar-refractivity contribution in [1.82, 2.24) is 0 Å². The van der Waals surface area contributed by atoms with Crippen LogP contribution in [-0.2, 0) is 0 Å². The minimum atomic E-state index is -0.708. The molecule has 2 rings (SSSR count). The summed E-state index contributed by atoms with van der Waals surface area (Å²) < 4.78 is 0. The number of primary amides is 1. The standard InChI is InChI=1S/C14H13N3O2/c15-14(19)17-12-9-5-4-8-11(12)13(18)16-10-6-2-1-3-7-10/h1-9H,(H,16,18)(H3,15,17,19). The molecule has 0 radical (unpaired) electrons. The van der Waals surface area contributed by atoms with Gasteiger partial charge in [0, 0.05) is 5.69 Å². The molecule has 2 aromatic rings. The van der Waals surface area contributed by atoms with Crippen LogP contribution in [0.2, 0.25) is 0 Å². The summed E-state index contributed by atoms with van der Waals surface area (Å²) >= 11 is 0. The van der Waals surface area contributed by atoms with E-state index in [9.17, 15) is 9.59 Å². The molecule has 0 bridgehead atoms. The van der Waals surface area contributed by atoms with Crippen LogP contribution in [0.3, 0.4) is 0 Å². The van der Waals surface area contributed by atoms with Gasteiger partial charge in [0.2, 0.25) is 0 Å². The van der Waals surface area contributed by atoms with Crippen LogP contribution in [0.25, 0.3) is 0 Å². The largest absolute Gasteiger partial charge is 0.351 e. The van der Waals surface area contributed by atoms with E-state index in [1.165, 1.54) is 0 Å². The zero-order chi connectivity index (χ0) is 13.7. The van der Waals surface area contributed by atoms with E-state index in [2.05, 4.69) is 10.6 Å². The van der Waals surface area contributed by atoms with Crippen LogP contribution in [0.5, 0.6) is 0 Å². The first-order valence-electron chi connectivity index (χ1n) is 5.68. The van der Waals surface area contributed by atoms with Crippen LogP contribution in [0.1, 0.15) is 10.4 Å². The van der Waals surface area contributed by atoms with E-state index in [0.29, 0.717) is 16.9 Å². The van der Waals surface area contributed by atoms with Crippen LogP contribution in [0.4, 0.5) is 16.2 Å². The van der Waals surface area contributed by atoms with Gasteiger partial charge in [-0.1, -0.05) is 30.3 Å². The van der Waals surface area contributed by atoms with Gasteiger partial charge < -0.3 is 16.4 Å². The zero-order valence-electron chi connectivity index (χ0n) is 10.1. The summed E-state index contributed by atoms with van der Waals surface area (Å²) in [5.41, 5.74) is 6.48. The molecular formula is C14H13N3O2. The monoisotopic (exact) mass is 255 g/mol. The number of hydrogen-bond donors (Lipinski definition) is 3. The van der Waals surface area contributed by atoms with Gasteiger partial charge in [0.25, 0.3) is 5.91 Å². The highest BCUT2D eigenvalue weighted by molar-refractivity contribution is 6.09. The lowest BCUT2D eigenvalue weighted by Gasteiger charge is -2.10. The van der Waals surface area contributed by atoms with Crippen LogP contribution >= 0.6 is 0 Å². The molecule has 0 aliphatic carbocycles. The number of anilines is 2. The van der Waals surface area contributed by atoms with E-state index in [4.69, 9.17) is 5.73 Å². The first-order valence-corrected chi connectivity index (χ1v) is 5.68. The number of para-hydroxylation sites is 2. The molecule has 19 heavy (non-hydrogen) atoms. The highest BCUT2D eigenvalue weighted by Crippen LogP contribution is 2.17. The number of carbonyl (C=O) groups is 2. The smallest absolute Gasteiger partial charge is 0.316 e. The van der Waals surface area contributed by atoms with E-state index in [1.807, 2.05) is 18.2 Å². The third-order valence-corrected chi connectivity index (χ3v) is 2.46. The Morgan fingerprint density at radius 1 is 0.842 bits per heavy atom. The maximum Gasteiger partial charge on any atom is 0.316 e. The molecule has 0 saturated carbocycles. The molecule has 0 aliphatic heterocycles. The van der Waals surface area contributed by atoms with Crippen molar-refractivity contribution < 1.29 is 9.59 Å². The normalized spacial score (nSPS) is 9.68. The second-order valence-electron chi connectivity index (χ2n) is 3.85. The van der Waals surface area contributed by atoms with Crippen LogP contribution < -0.4 is 16.4 Å². The average molecular weight is 255 g/mol. The molecule has 0 aromatic heterocycles. The number of hydrogen-bond acceptors (Lipinski definition) is 2. The number of amides is 3. The quantitative estimate of drug-likeness (QED) is 0.787. The maximum absolute atomic E-state index is 12.1. The molecule has 0 aliphatic rings. The number of nitrogens with one attached hydrogen (secondary N) is 2. The molecule has 2 aromatic carbocycles. The summed E-state index contributed by atoms with van der Waals surface area (Å²) in [5, 5.41) is 5.16. The van der Waals surface area contributed by atoms with Gasteiger partial charge in [-0.2, -0.15) is 0 Å². The van der Waals surface area contributed by atoms with Gasteiger partial charge in [-0.25, -0.2) is 4.79 Å². The maximum atomic E-state index is 12.1. The van der Waals surface area contributed by atoms with Crippen molar-refractivity contribution in [2.75, 3.05) is 10.6 Å². The second kappa shape index (κ2) is 5.68. The Kier molecular flexibility index (Phi) is 3.78. The van der Waals surface area contributed by atoms with Crippen molar-refractivity contribution in [1.29, 1.82) is 0 Å². The molecule has 5 heteroatoms. The first-order chi connectivity index (χ1) is 9.16. The van der Waals surface area contributed by atoms with Crippen molar-refractivity contribution >= 4 is 23.3 Å². The highest BCUT2D eigenvalue weighted by atomic mass is 16.2. The van der Waals surface area contributed by atoms with Crippen LogP contribution in [0.15, 0.2) is 54.6 Å². The summed E-state index contributed by atoms with van der Waals surface area (Å²) in [5.74, 6) is -0.310. The Morgan fingerprint density at radius 3 is 2.16 bits per heavy atom. The topological polar surface area (TPSA) is 84.2 Å². The van der Waals surface area contributed by atoms with Gasteiger partial charge in [0.15, 0.2) is 0 Å². The molecule has 0 heterocycles. The molecule has 0 spiro atoms. The SMILES string of the molecule is NC(=O)Nc1ccccc1C(=O)Nc1ccccc1. The minimum Gasteiger partial charge on any atom is -0.351 e. The first kappa shape index (κ1) is 12.6. The van der Waals surface area contributed by atoms with Crippen molar-refractivity contribution in [3.8, 4) is 0 Å². The summed E-state index contributed by atoms with van der Waals surface area (Å²) in [6.07, 6.45) is 0. The number of rotatable bonds is 3. The lowest BCUT2D eigenvalue weighted by Crippen LogP contribution is -2.22. The molecule has 3 amide bonds. The number of nitrogens with two attached hydrogens (primary N) is 1. The second-order valence-corrected chi connectivity index (χ2v) is 3.85. The fourth-order valence-corrected chi connectivity index (χ4v) is 1.64. The van der Waals surface area contributed by atoms with Crippen LogP contribution in [-0.4, -0.2) is 11.9 Å². The molecule has 0 fully saturated rings. The minimum absolute atomic E-state index is 0.310. The number of benzene rings is 2. The summed E-state index contributed by atoms with van der Waals surface area (Å²) in [4.78, 5) is 23.0. The van der Waals surface area contributed by atoms with E-state index in [0.717, 1.165) is 0 Å². The van der Waals surface area contributed by atoms with Gasteiger partial charge >= 0.3 is 6.03 Å². The summed E-state index contributed by atoms with van der Waals surface area (Å²) in [6.45, 7) is 0. The molecule has 96 valence electrons. The van der Waals surface area contributed by atoms with Gasteiger partial charge in [0.1, 0.15) is 0 Å². The van der Waals surface area contributed by atoms with Crippen molar-refractivity contribution in [3.05, 3.63) is 60.2 Å². The van der Waals surface area contributed by atoms with E-state index in [-0.39, 0.29) is 5.91 Å². The third kappa shape index (κ3) is 3.32. The van der Waals surface area contributed by atoms with Crippen molar-refractivity contribution in [2.24, 2.45) is 5.73 Å². The molecular weight excluding hydrogens is 242 g/mol. The Balaban J connectivity index is 2.21. The molecule has 0 saturated heterocycles. The summed E-state index contributed by atoms with van der Waals surface area (Å²) in [7, 11) is 0. The molecule has 0 unspecified atom stereocenters. The lowest BCUT2D eigenvalue weighted by atomic mass is 10.1. The number of urea groups is 1. The zero-order valence-corrected chi connectivity index (χ0v) is 10.1. The van der Waals surface area contributed by atoms with Gasteiger partial charge in [-0.05, 0) is 24.3 Å². The number of carbonyl (C=O) groups excluding carboxylic acids is 2. The predicted octanol–water partition coefficient (Wildman–Crippen LogP) is 2.43. The predicted molar refractivity (Wildman–Crippen MR) is 74.0 cm³/mol. The average Bonchev–Trinajstić information content (AvgIpc) is 2.39. The van der Waals surface area contributed by atoms with Gasteiger partial charge in [0.05, 0.1) is 11.3 Å².